The predicted molar refractivity (Wildman–Crippen MR) is 104 cm³/mol. The molecule has 4 heterocycles. The molecule has 0 aliphatic carbocycles. The van der Waals surface area contributed by atoms with E-state index in [2.05, 4.69) is 44.0 Å². The monoisotopic (exact) mass is 374 g/mol. The number of hydrogen-bond donors (Lipinski definition) is 0. The van der Waals surface area contributed by atoms with Crippen molar-refractivity contribution in [1.82, 2.24) is 39.5 Å². The molecule has 2 atom stereocenters. The second-order valence-corrected chi connectivity index (χ2v) is 6.86. The van der Waals surface area contributed by atoms with Gasteiger partial charge in [-0.1, -0.05) is 13.8 Å². The Hall–Kier alpha value is -3.42. The van der Waals surface area contributed by atoms with Crippen molar-refractivity contribution in [3.8, 4) is 11.6 Å². The molecule has 0 saturated carbocycles. The third-order valence-corrected chi connectivity index (χ3v) is 4.85. The SMILES string of the molecule is CC(CCC(C)c1ncncc1-n1cccn1)c1ccnc(-n2cccn2)n1. The summed E-state index contributed by atoms with van der Waals surface area (Å²) in [6, 6.07) is 5.73. The fourth-order valence-electron chi connectivity index (χ4n) is 3.22. The molecule has 0 saturated heterocycles. The fraction of sp³-hybridized carbons (Fsp3) is 0.300. The first-order valence-corrected chi connectivity index (χ1v) is 9.35. The average molecular weight is 374 g/mol. The third kappa shape index (κ3) is 3.80. The molecule has 0 fully saturated rings. The third-order valence-electron chi connectivity index (χ3n) is 4.85. The van der Waals surface area contributed by atoms with Crippen LogP contribution in [0.2, 0.25) is 0 Å². The van der Waals surface area contributed by atoms with E-state index in [-0.39, 0.29) is 5.92 Å². The smallest absolute Gasteiger partial charge is 0.243 e. The van der Waals surface area contributed by atoms with E-state index in [9.17, 15) is 0 Å². The summed E-state index contributed by atoms with van der Waals surface area (Å²) in [6.07, 6.45) is 14.4. The maximum absolute atomic E-state index is 4.67. The molecule has 0 radical (unpaired) electrons. The van der Waals surface area contributed by atoms with Gasteiger partial charge in [0.15, 0.2) is 0 Å². The van der Waals surface area contributed by atoms with Gasteiger partial charge < -0.3 is 0 Å². The van der Waals surface area contributed by atoms with Gasteiger partial charge in [0.25, 0.3) is 5.95 Å². The lowest BCUT2D eigenvalue weighted by molar-refractivity contribution is 0.552. The van der Waals surface area contributed by atoms with Crippen molar-refractivity contribution in [3.05, 3.63) is 73.1 Å². The molecule has 0 N–H and O–H groups in total. The van der Waals surface area contributed by atoms with Crippen LogP contribution in [-0.2, 0) is 0 Å². The van der Waals surface area contributed by atoms with Crippen LogP contribution in [0.15, 0.2) is 61.7 Å². The summed E-state index contributed by atoms with van der Waals surface area (Å²) < 4.78 is 3.49. The summed E-state index contributed by atoms with van der Waals surface area (Å²) in [5, 5.41) is 8.52. The fourth-order valence-corrected chi connectivity index (χ4v) is 3.22. The minimum atomic E-state index is 0.275. The number of nitrogens with zero attached hydrogens (tertiary/aromatic N) is 8. The normalized spacial score (nSPS) is 13.4. The molecular formula is C20H22N8. The van der Waals surface area contributed by atoms with E-state index < -0.39 is 0 Å². The molecule has 8 nitrogen and oxygen atoms in total. The van der Waals surface area contributed by atoms with Gasteiger partial charge in [0, 0.05) is 42.6 Å². The molecule has 0 spiro atoms. The zero-order chi connectivity index (χ0) is 19.3. The maximum Gasteiger partial charge on any atom is 0.250 e. The molecule has 0 amide bonds. The van der Waals surface area contributed by atoms with Gasteiger partial charge in [-0.25, -0.2) is 29.3 Å². The standard InChI is InChI=1S/C20H22N8/c1-15(17-7-10-22-20(26-17)28-12-4-9-25-28)5-6-16(2)19-18(13-21-14-23-19)27-11-3-8-24-27/h3-4,7-16H,5-6H2,1-2H3. The van der Waals surface area contributed by atoms with E-state index in [0.717, 1.165) is 29.9 Å². The summed E-state index contributed by atoms with van der Waals surface area (Å²) in [5.74, 6) is 1.17. The van der Waals surface area contributed by atoms with Gasteiger partial charge in [0.05, 0.1) is 11.9 Å². The maximum atomic E-state index is 4.67. The minimum absolute atomic E-state index is 0.275. The van der Waals surface area contributed by atoms with Crippen LogP contribution in [0.3, 0.4) is 0 Å². The predicted octanol–water partition coefficient (Wildman–Crippen LogP) is 3.33. The Bertz CT molecular complexity index is 1010. The van der Waals surface area contributed by atoms with Gasteiger partial charge in [-0.05, 0) is 37.0 Å². The first-order chi connectivity index (χ1) is 13.7. The van der Waals surface area contributed by atoms with Gasteiger partial charge in [-0.2, -0.15) is 10.2 Å². The summed E-state index contributed by atoms with van der Waals surface area (Å²) in [5.41, 5.74) is 2.95. The lowest BCUT2D eigenvalue weighted by Crippen LogP contribution is -2.09. The number of rotatable bonds is 7. The van der Waals surface area contributed by atoms with E-state index in [0.29, 0.717) is 11.9 Å². The lowest BCUT2D eigenvalue weighted by Gasteiger charge is -2.17. The van der Waals surface area contributed by atoms with Crippen molar-refractivity contribution in [2.24, 2.45) is 0 Å². The molecule has 4 rings (SSSR count). The van der Waals surface area contributed by atoms with Crippen molar-refractivity contribution in [3.63, 3.8) is 0 Å². The molecule has 0 aromatic carbocycles. The zero-order valence-electron chi connectivity index (χ0n) is 15.9. The van der Waals surface area contributed by atoms with E-state index in [1.807, 2.05) is 41.5 Å². The Balaban J connectivity index is 1.46. The lowest BCUT2D eigenvalue weighted by atomic mass is 9.93. The number of hydrogen-bond acceptors (Lipinski definition) is 6. The van der Waals surface area contributed by atoms with Crippen molar-refractivity contribution in [1.29, 1.82) is 0 Å². The Kier molecular flexibility index (Phi) is 5.18. The molecule has 4 aromatic heterocycles. The second kappa shape index (κ2) is 8.08. The Labute approximate surface area is 163 Å². The van der Waals surface area contributed by atoms with Crippen molar-refractivity contribution < 1.29 is 0 Å². The Morgan fingerprint density at radius 2 is 1.64 bits per heavy atom. The van der Waals surface area contributed by atoms with Crippen LogP contribution in [0.4, 0.5) is 0 Å². The summed E-state index contributed by atoms with van der Waals surface area (Å²) in [6.45, 7) is 4.38. The highest BCUT2D eigenvalue weighted by Gasteiger charge is 2.17. The van der Waals surface area contributed by atoms with Crippen LogP contribution in [-0.4, -0.2) is 39.5 Å². The molecule has 2 unspecified atom stereocenters. The minimum Gasteiger partial charge on any atom is -0.243 e. The highest BCUT2D eigenvalue weighted by molar-refractivity contribution is 5.34. The van der Waals surface area contributed by atoms with Crippen LogP contribution in [0, 0.1) is 0 Å². The summed E-state index contributed by atoms with van der Waals surface area (Å²) in [7, 11) is 0. The first-order valence-electron chi connectivity index (χ1n) is 9.35. The van der Waals surface area contributed by atoms with Crippen LogP contribution < -0.4 is 0 Å². The van der Waals surface area contributed by atoms with Gasteiger partial charge in [-0.15, -0.1) is 0 Å². The molecule has 142 valence electrons. The Morgan fingerprint density at radius 1 is 0.893 bits per heavy atom. The van der Waals surface area contributed by atoms with Gasteiger partial charge in [-0.3, -0.25) is 0 Å². The van der Waals surface area contributed by atoms with Crippen molar-refractivity contribution in [2.45, 2.75) is 38.5 Å². The summed E-state index contributed by atoms with van der Waals surface area (Å²) >= 11 is 0. The first kappa shape index (κ1) is 18.0. The summed E-state index contributed by atoms with van der Waals surface area (Å²) in [4.78, 5) is 17.7. The van der Waals surface area contributed by atoms with Crippen LogP contribution in [0.25, 0.3) is 11.6 Å². The van der Waals surface area contributed by atoms with E-state index in [1.165, 1.54) is 0 Å². The van der Waals surface area contributed by atoms with Crippen molar-refractivity contribution in [2.75, 3.05) is 0 Å². The van der Waals surface area contributed by atoms with Gasteiger partial charge >= 0.3 is 0 Å². The zero-order valence-corrected chi connectivity index (χ0v) is 15.9. The van der Waals surface area contributed by atoms with E-state index >= 15 is 0 Å². The van der Waals surface area contributed by atoms with Crippen molar-refractivity contribution >= 4 is 0 Å². The van der Waals surface area contributed by atoms with Gasteiger partial charge in [0.2, 0.25) is 0 Å². The molecule has 0 bridgehead atoms. The molecular weight excluding hydrogens is 352 g/mol. The van der Waals surface area contributed by atoms with Crippen LogP contribution >= 0.6 is 0 Å². The van der Waals surface area contributed by atoms with Crippen LogP contribution in [0.5, 0.6) is 0 Å². The second-order valence-electron chi connectivity index (χ2n) is 6.86. The van der Waals surface area contributed by atoms with E-state index in [1.54, 1.807) is 29.6 Å². The highest BCUT2D eigenvalue weighted by atomic mass is 15.3. The largest absolute Gasteiger partial charge is 0.250 e. The molecule has 0 aliphatic rings. The molecule has 28 heavy (non-hydrogen) atoms. The highest BCUT2D eigenvalue weighted by Crippen LogP contribution is 2.28. The Morgan fingerprint density at radius 3 is 2.39 bits per heavy atom. The molecule has 4 aromatic rings. The quantitative estimate of drug-likeness (QED) is 0.493. The number of aromatic nitrogens is 8. The topological polar surface area (TPSA) is 87.2 Å². The molecule has 8 heteroatoms. The van der Waals surface area contributed by atoms with Gasteiger partial charge in [0.1, 0.15) is 12.0 Å². The molecule has 0 aliphatic heterocycles. The van der Waals surface area contributed by atoms with E-state index in [4.69, 9.17) is 0 Å². The van der Waals surface area contributed by atoms with Crippen LogP contribution in [0.1, 0.15) is 49.9 Å². The average Bonchev–Trinajstić information content (AvgIpc) is 3.46.